The molecule has 1 heterocycles. The monoisotopic (exact) mass is 576 g/mol. The zero-order chi connectivity index (χ0) is 30.7. The Balaban J connectivity index is 1.77. The molecule has 0 radical (unpaired) electrons. The number of hydrogen-bond donors (Lipinski definition) is 2. The molecule has 3 aromatic rings. The number of anilines is 2. The van der Waals surface area contributed by atoms with E-state index in [1.165, 1.54) is 24.7 Å². The summed E-state index contributed by atoms with van der Waals surface area (Å²) in [4.78, 5) is 26.4. The Morgan fingerprint density at radius 1 is 1.21 bits per heavy atom. The number of aromatic nitrogens is 2. The van der Waals surface area contributed by atoms with Crippen molar-refractivity contribution in [2.45, 2.75) is 46.6 Å². The summed E-state index contributed by atoms with van der Waals surface area (Å²) in [5.74, 6) is 1.04. The van der Waals surface area contributed by atoms with Gasteiger partial charge < -0.3 is 24.4 Å². The van der Waals surface area contributed by atoms with Crippen molar-refractivity contribution in [2.24, 2.45) is 4.99 Å². The minimum atomic E-state index is -0.568. The minimum absolute atomic E-state index is 0.195. The maximum atomic E-state index is 15.5. The molecule has 0 fully saturated rings. The Morgan fingerprint density at radius 2 is 2.00 bits per heavy atom. The van der Waals surface area contributed by atoms with Crippen LogP contribution in [0.2, 0.25) is 0 Å². The molecule has 1 amide bonds. The van der Waals surface area contributed by atoms with Crippen molar-refractivity contribution >= 4 is 41.1 Å². The molecular weight excluding hydrogens is 539 g/mol. The first-order valence-electron chi connectivity index (χ1n) is 13.5. The molecule has 0 atom stereocenters. The number of carbonyl (C=O) groups excluding carboxylic acids is 1. The first kappa shape index (κ1) is 31.7. The van der Waals surface area contributed by atoms with Crippen LogP contribution < -0.4 is 14.8 Å². The van der Waals surface area contributed by atoms with Crippen LogP contribution in [0.1, 0.15) is 39.7 Å². The molecule has 0 spiro atoms. The van der Waals surface area contributed by atoms with Crippen LogP contribution >= 0.6 is 0 Å². The van der Waals surface area contributed by atoms with Crippen LogP contribution in [0, 0.1) is 18.2 Å². The lowest BCUT2D eigenvalue weighted by Crippen LogP contribution is -2.37. The average molecular weight is 577 g/mol. The van der Waals surface area contributed by atoms with E-state index in [-0.39, 0.29) is 17.3 Å². The highest BCUT2D eigenvalue weighted by atomic mass is 19.1. The van der Waals surface area contributed by atoms with Crippen molar-refractivity contribution in [2.75, 3.05) is 25.0 Å². The number of allylic oxidation sites excluding steroid dienone is 2. The highest BCUT2D eigenvalue weighted by molar-refractivity contribution is 5.95. The quantitative estimate of drug-likeness (QED) is 0.0740. The van der Waals surface area contributed by atoms with Crippen molar-refractivity contribution in [1.82, 2.24) is 14.9 Å². The van der Waals surface area contributed by atoms with Crippen LogP contribution in [-0.4, -0.2) is 58.8 Å². The van der Waals surface area contributed by atoms with Gasteiger partial charge in [-0.25, -0.2) is 24.1 Å². The number of nitrogens with zero attached hydrogens (tertiary/aromatic N) is 4. The summed E-state index contributed by atoms with van der Waals surface area (Å²) in [6.45, 7) is 14.0. The van der Waals surface area contributed by atoms with Crippen LogP contribution in [0.5, 0.6) is 11.5 Å². The summed E-state index contributed by atoms with van der Waals surface area (Å²) >= 11 is 0. The lowest BCUT2D eigenvalue weighted by atomic mass is 10.1. The van der Waals surface area contributed by atoms with Gasteiger partial charge in [0.15, 0.2) is 5.82 Å². The third kappa shape index (κ3) is 8.60. The molecule has 2 N–H and O–H groups in total. The molecule has 42 heavy (non-hydrogen) atoms. The van der Waals surface area contributed by atoms with Crippen molar-refractivity contribution in [3.63, 3.8) is 0 Å². The van der Waals surface area contributed by atoms with E-state index in [0.29, 0.717) is 60.1 Å². The van der Waals surface area contributed by atoms with Crippen LogP contribution in [0.15, 0.2) is 66.1 Å². The van der Waals surface area contributed by atoms with Crippen LogP contribution in [-0.2, 0) is 4.74 Å². The fraction of sp³-hybridized carbons (Fsp3) is 0.323. The van der Waals surface area contributed by atoms with Gasteiger partial charge in [0.1, 0.15) is 41.3 Å². The zero-order valence-corrected chi connectivity index (χ0v) is 24.6. The Hall–Kier alpha value is -4.80. The highest BCUT2D eigenvalue weighted by Gasteiger charge is 2.21. The van der Waals surface area contributed by atoms with Gasteiger partial charge in [0.2, 0.25) is 0 Å². The molecule has 0 saturated heterocycles. The number of hydrogen-bond acceptors (Lipinski definition) is 8. The topological polar surface area (TPSA) is 122 Å². The predicted octanol–water partition coefficient (Wildman–Crippen LogP) is 6.97. The first-order chi connectivity index (χ1) is 20.1. The molecule has 0 aliphatic rings. The molecule has 1 aromatic heterocycles. The summed E-state index contributed by atoms with van der Waals surface area (Å²) in [6.07, 6.45) is 6.86. The van der Waals surface area contributed by atoms with E-state index in [4.69, 9.17) is 19.6 Å². The Kier molecular flexibility index (Phi) is 11.1. The summed E-state index contributed by atoms with van der Waals surface area (Å²) in [6, 6.07) is 8.63. The molecule has 0 aliphatic carbocycles. The maximum absolute atomic E-state index is 15.5. The number of amides is 1. The molecule has 11 heteroatoms. The second-order valence-electron chi connectivity index (χ2n) is 10.1. The van der Waals surface area contributed by atoms with E-state index < -0.39 is 11.4 Å². The number of nitrogens with one attached hydrogen (secondary N) is 2. The number of benzene rings is 2. The summed E-state index contributed by atoms with van der Waals surface area (Å²) in [7, 11) is 0. The van der Waals surface area contributed by atoms with Gasteiger partial charge in [-0.2, -0.15) is 0 Å². The standard InChI is InChI=1S/C31H37FN6O4/c1-7-22(15-16-34-19-33)41-25-14-13-24(28(32)21(25)3)37-29-27-23(35-20-36-29)11-9-12-26(27)40-18-10-17-38(8-2)30(39)42-31(4,5)6/h7,9,11-16,19-20,33H,1,8,10,17-18H2,2-6H3,(H,35,36,37)/b22-15+,33-19?,34-16?. The molecule has 0 saturated carbocycles. The average Bonchev–Trinajstić information content (AvgIpc) is 2.95. The third-order valence-corrected chi connectivity index (χ3v) is 5.91. The van der Waals surface area contributed by atoms with Gasteiger partial charge >= 0.3 is 6.09 Å². The first-order valence-corrected chi connectivity index (χ1v) is 13.5. The van der Waals surface area contributed by atoms with E-state index in [1.807, 2.05) is 39.8 Å². The predicted molar refractivity (Wildman–Crippen MR) is 164 cm³/mol. The van der Waals surface area contributed by atoms with E-state index in [2.05, 4.69) is 26.9 Å². The molecule has 0 aliphatic heterocycles. The van der Waals surface area contributed by atoms with E-state index in [9.17, 15) is 4.79 Å². The lowest BCUT2D eigenvalue weighted by molar-refractivity contribution is 0.0252. The van der Waals surface area contributed by atoms with Crippen molar-refractivity contribution in [3.8, 4) is 11.5 Å². The number of fused-ring (bicyclic) bond motifs is 1. The molecule has 10 nitrogen and oxygen atoms in total. The second kappa shape index (κ2) is 14.7. The zero-order valence-electron chi connectivity index (χ0n) is 24.6. The van der Waals surface area contributed by atoms with Crippen LogP contribution in [0.3, 0.4) is 0 Å². The number of carbonyl (C=O) groups is 1. The Morgan fingerprint density at radius 3 is 2.69 bits per heavy atom. The number of ether oxygens (including phenoxy) is 3. The highest BCUT2D eigenvalue weighted by Crippen LogP contribution is 2.34. The molecule has 2 aromatic carbocycles. The van der Waals surface area contributed by atoms with E-state index in [0.717, 1.165) is 6.34 Å². The Labute approximate surface area is 245 Å². The molecule has 222 valence electrons. The summed E-state index contributed by atoms with van der Waals surface area (Å²) < 4.78 is 32.8. The van der Waals surface area contributed by atoms with Gasteiger partial charge in [0.05, 0.1) is 23.2 Å². The largest absolute Gasteiger partial charge is 0.493 e. The molecule has 0 unspecified atom stereocenters. The van der Waals surface area contributed by atoms with Crippen molar-refractivity contribution < 1.29 is 23.4 Å². The van der Waals surface area contributed by atoms with Crippen molar-refractivity contribution in [1.29, 1.82) is 5.41 Å². The summed E-state index contributed by atoms with van der Waals surface area (Å²) in [5, 5.41) is 10.6. The second-order valence-corrected chi connectivity index (χ2v) is 10.1. The lowest BCUT2D eigenvalue weighted by Gasteiger charge is -2.26. The van der Waals surface area contributed by atoms with Gasteiger partial charge in [-0.1, -0.05) is 12.6 Å². The van der Waals surface area contributed by atoms with E-state index >= 15 is 4.39 Å². The third-order valence-electron chi connectivity index (χ3n) is 5.91. The van der Waals surface area contributed by atoms with E-state index in [1.54, 1.807) is 30.0 Å². The number of rotatable bonds is 13. The minimum Gasteiger partial charge on any atom is -0.493 e. The van der Waals surface area contributed by atoms with Crippen molar-refractivity contribution in [3.05, 3.63) is 72.5 Å². The summed E-state index contributed by atoms with van der Waals surface area (Å²) in [5.41, 5.74) is 0.525. The number of aliphatic imine (C=N–C) groups is 1. The smallest absolute Gasteiger partial charge is 0.410 e. The van der Waals surface area contributed by atoms with Crippen LogP contribution in [0.25, 0.3) is 10.9 Å². The van der Waals surface area contributed by atoms with Crippen LogP contribution in [0.4, 0.5) is 20.7 Å². The molecular formula is C31H37FN6O4. The Bertz CT molecular complexity index is 1480. The number of halogens is 1. The fourth-order valence-corrected chi connectivity index (χ4v) is 3.87. The maximum Gasteiger partial charge on any atom is 0.410 e. The molecule has 0 bridgehead atoms. The molecule has 3 rings (SSSR count). The fourth-order valence-electron chi connectivity index (χ4n) is 3.87. The SMILES string of the molecule is C=C/C(=C\C=NC=N)Oc1ccc(Nc2ncnc3cccc(OCCCN(CC)C(=O)OC(C)(C)C)c23)c(F)c1C. The van der Waals surface area contributed by atoms with Gasteiger partial charge in [-0.3, -0.25) is 5.41 Å². The van der Waals surface area contributed by atoms with Gasteiger partial charge in [-0.15, -0.1) is 0 Å². The van der Waals surface area contributed by atoms with Gasteiger partial charge in [0, 0.05) is 24.9 Å². The van der Waals surface area contributed by atoms with Gasteiger partial charge in [-0.05, 0) is 77.5 Å². The van der Waals surface area contributed by atoms with Gasteiger partial charge in [0.25, 0.3) is 0 Å². The normalized spacial score (nSPS) is 11.8.